The number of benzene rings is 2. The summed E-state index contributed by atoms with van der Waals surface area (Å²) in [5.74, 6) is -0.637. The Morgan fingerprint density at radius 2 is 1.87 bits per heavy atom. The molecule has 0 saturated carbocycles. The summed E-state index contributed by atoms with van der Waals surface area (Å²) in [7, 11) is 1.33. The van der Waals surface area contributed by atoms with Crippen LogP contribution >= 0.6 is 12.2 Å². The van der Waals surface area contributed by atoms with E-state index in [-0.39, 0.29) is 5.92 Å². The zero-order chi connectivity index (χ0) is 22.2. The molecule has 0 spiro atoms. The molecule has 2 N–H and O–H groups in total. The van der Waals surface area contributed by atoms with Crippen LogP contribution in [-0.4, -0.2) is 42.2 Å². The number of carbonyl (C=O) groups excluding carboxylic acids is 1. The van der Waals surface area contributed by atoms with Crippen LogP contribution < -0.4 is 19.7 Å². The van der Waals surface area contributed by atoms with Crippen molar-refractivity contribution in [3.63, 3.8) is 0 Å². The lowest BCUT2D eigenvalue weighted by molar-refractivity contribution is -0.163. The Balaban J connectivity index is 1.85. The first-order valence-electron chi connectivity index (χ1n) is 10.2. The highest BCUT2D eigenvalue weighted by Gasteiger charge is 2.58. The van der Waals surface area contributed by atoms with Gasteiger partial charge < -0.3 is 24.6 Å². The van der Waals surface area contributed by atoms with Gasteiger partial charge >= 0.3 is 5.97 Å². The van der Waals surface area contributed by atoms with Crippen LogP contribution in [0.3, 0.4) is 0 Å². The van der Waals surface area contributed by atoms with E-state index in [0.717, 1.165) is 5.56 Å². The predicted octanol–water partition coefficient (Wildman–Crippen LogP) is 3.03. The van der Waals surface area contributed by atoms with Crippen molar-refractivity contribution >= 4 is 29.0 Å². The fraction of sp³-hybridized carbons (Fsp3) is 0.391. The van der Waals surface area contributed by atoms with E-state index >= 15 is 0 Å². The topological polar surface area (TPSA) is 80.3 Å². The number of methoxy groups -OCH3 is 1. The lowest BCUT2D eigenvalue weighted by atomic mass is 9.76. The largest absolute Gasteiger partial charge is 0.486 e. The minimum atomic E-state index is -1.65. The van der Waals surface area contributed by atoms with Crippen LogP contribution in [0.4, 0.5) is 5.69 Å². The van der Waals surface area contributed by atoms with E-state index in [2.05, 4.69) is 5.32 Å². The van der Waals surface area contributed by atoms with Crippen molar-refractivity contribution in [2.24, 2.45) is 11.8 Å². The molecule has 1 saturated heterocycles. The molecule has 2 heterocycles. The molecule has 0 aliphatic carbocycles. The average molecular weight is 443 g/mol. The van der Waals surface area contributed by atoms with Gasteiger partial charge in [-0.1, -0.05) is 44.2 Å². The zero-order valence-electron chi connectivity index (χ0n) is 17.7. The second kappa shape index (κ2) is 8.36. The minimum Gasteiger partial charge on any atom is -0.486 e. The number of thiocarbonyl (C=S) groups is 1. The molecule has 8 heteroatoms. The summed E-state index contributed by atoms with van der Waals surface area (Å²) in [5.41, 5.74) is -0.223. The van der Waals surface area contributed by atoms with Gasteiger partial charge in [0.05, 0.1) is 18.8 Å². The quantitative estimate of drug-likeness (QED) is 0.553. The molecule has 3 unspecified atom stereocenters. The third-order valence-corrected chi connectivity index (χ3v) is 6.18. The first-order valence-corrected chi connectivity index (χ1v) is 10.6. The van der Waals surface area contributed by atoms with Gasteiger partial charge in [-0.05, 0) is 29.9 Å². The number of aliphatic hydroxyl groups is 1. The first kappa shape index (κ1) is 21.4. The van der Waals surface area contributed by atoms with E-state index in [1.165, 1.54) is 7.11 Å². The number of anilines is 1. The summed E-state index contributed by atoms with van der Waals surface area (Å²) in [5, 5.41) is 15.7. The van der Waals surface area contributed by atoms with E-state index in [4.69, 9.17) is 26.4 Å². The summed E-state index contributed by atoms with van der Waals surface area (Å²) in [6.45, 7) is 4.64. The van der Waals surface area contributed by atoms with Crippen molar-refractivity contribution in [1.82, 2.24) is 5.32 Å². The van der Waals surface area contributed by atoms with Crippen LogP contribution in [0, 0.1) is 11.8 Å². The van der Waals surface area contributed by atoms with Gasteiger partial charge in [0.25, 0.3) is 0 Å². The van der Waals surface area contributed by atoms with Crippen LogP contribution in [0.5, 0.6) is 11.5 Å². The van der Waals surface area contributed by atoms with Crippen molar-refractivity contribution < 1.29 is 24.1 Å². The van der Waals surface area contributed by atoms with Gasteiger partial charge in [0.15, 0.2) is 22.3 Å². The summed E-state index contributed by atoms with van der Waals surface area (Å²) in [6.07, 6.45) is 0. The Bertz CT molecular complexity index is 983. The van der Waals surface area contributed by atoms with Gasteiger partial charge in [0, 0.05) is 12.0 Å². The molecule has 1 fully saturated rings. The fourth-order valence-corrected chi connectivity index (χ4v) is 4.69. The van der Waals surface area contributed by atoms with Crippen molar-refractivity contribution in [1.29, 1.82) is 0 Å². The fourth-order valence-electron chi connectivity index (χ4n) is 4.31. The van der Waals surface area contributed by atoms with Crippen LogP contribution in [0.15, 0.2) is 48.5 Å². The molecule has 0 bridgehead atoms. The number of ether oxygens (including phenoxy) is 3. The van der Waals surface area contributed by atoms with Gasteiger partial charge in [-0.2, -0.15) is 0 Å². The molecule has 164 valence electrons. The number of hydrogen-bond donors (Lipinski definition) is 2. The molecule has 2 aromatic rings. The van der Waals surface area contributed by atoms with Gasteiger partial charge in [0.2, 0.25) is 0 Å². The van der Waals surface area contributed by atoms with Crippen LogP contribution in [0.1, 0.15) is 25.5 Å². The summed E-state index contributed by atoms with van der Waals surface area (Å²) in [6, 6.07) is 14.3. The Morgan fingerprint density at radius 1 is 1.19 bits per heavy atom. The predicted molar refractivity (Wildman–Crippen MR) is 120 cm³/mol. The Kier molecular flexibility index (Phi) is 5.77. The van der Waals surface area contributed by atoms with Crippen molar-refractivity contribution in [3.8, 4) is 11.5 Å². The van der Waals surface area contributed by atoms with Crippen molar-refractivity contribution in [2.45, 2.75) is 25.6 Å². The molecular weight excluding hydrogens is 416 g/mol. The maximum absolute atomic E-state index is 13.1. The van der Waals surface area contributed by atoms with E-state index in [9.17, 15) is 9.90 Å². The zero-order valence-corrected chi connectivity index (χ0v) is 18.5. The molecule has 7 nitrogen and oxygen atoms in total. The molecule has 0 amide bonds. The van der Waals surface area contributed by atoms with Gasteiger partial charge in [-0.3, -0.25) is 9.69 Å². The first-order chi connectivity index (χ1) is 14.9. The number of nitrogens with one attached hydrogen (secondary N) is 1. The molecule has 31 heavy (non-hydrogen) atoms. The summed E-state index contributed by atoms with van der Waals surface area (Å²) < 4.78 is 16.5. The molecular formula is C23H26N2O5S. The SMILES string of the molecule is COC(=O)C1C(c2ccccc2)NC(=S)N(c2ccc3c(c2)OCCO3)C1(O)C(C)C. The maximum Gasteiger partial charge on any atom is 0.316 e. The second-order valence-corrected chi connectivity index (χ2v) is 8.33. The monoisotopic (exact) mass is 442 g/mol. The van der Waals surface area contributed by atoms with E-state index < -0.39 is 23.7 Å². The van der Waals surface area contributed by atoms with E-state index in [0.29, 0.717) is 35.5 Å². The standard InChI is InChI=1S/C23H26N2O5S/c1-14(2)23(27)19(21(26)28-3)20(15-7-5-4-6-8-15)24-22(31)25(23)16-9-10-17-18(13-16)30-12-11-29-17/h4-10,13-14,19-20,27H,11-12H2,1-3H3,(H,24,31). The Morgan fingerprint density at radius 3 is 2.52 bits per heavy atom. The van der Waals surface area contributed by atoms with E-state index in [1.807, 2.05) is 44.2 Å². The number of esters is 1. The normalized spacial score (nSPS) is 25.2. The lowest BCUT2D eigenvalue weighted by Gasteiger charge is -2.54. The third kappa shape index (κ3) is 3.59. The van der Waals surface area contributed by atoms with E-state index in [1.54, 1.807) is 23.1 Å². The van der Waals surface area contributed by atoms with Crippen molar-refractivity contribution in [3.05, 3.63) is 54.1 Å². The average Bonchev–Trinajstić information content (AvgIpc) is 2.78. The van der Waals surface area contributed by atoms with Gasteiger partial charge in [-0.25, -0.2) is 0 Å². The molecule has 4 rings (SSSR count). The number of carbonyl (C=O) groups is 1. The number of rotatable bonds is 4. The summed E-state index contributed by atoms with van der Waals surface area (Å²) >= 11 is 5.72. The molecule has 2 aliphatic heterocycles. The van der Waals surface area contributed by atoms with Gasteiger partial charge in [0.1, 0.15) is 19.1 Å². The van der Waals surface area contributed by atoms with Gasteiger partial charge in [-0.15, -0.1) is 0 Å². The Labute approximate surface area is 186 Å². The smallest absolute Gasteiger partial charge is 0.316 e. The van der Waals surface area contributed by atoms with Crippen LogP contribution in [0.25, 0.3) is 0 Å². The van der Waals surface area contributed by atoms with Crippen LogP contribution in [0.2, 0.25) is 0 Å². The molecule has 0 aromatic heterocycles. The molecule has 2 aromatic carbocycles. The maximum atomic E-state index is 13.1. The molecule has 2 aliphatic rings. The molecule has 0 radical (unpaired) electrons. The summed E-state index contributed by atoms with van der Waals surface area (Å²) in [4.78, 5) is 14.6. The third-order valence-electron chi connectivity index (χ3n) is 5.88. The highest BCUT2D eigenvalue weighted by molar-refractivity contribution is 7.80. The number of fused-ring (bicyclic) bond motifs is 1. The van der Waals surface area contributed by atoms with Crippen molar-refractivity contribution in [2.75, 3.05) is 25.2 Å². The highest BCUT2D eigenvalue weighted by atomic mass is 32.1. The molecule has 3 atom stereocenters. The Hall–Kier alpha value is -2.84. The number of nitrogens with zero attached hydrogens (tertiary/aromatic N) is 1. The highest BCUT2D eigenvalue weighted by Crippen LogP contribution is 2.46. The lowest BCUT2D eigenvalue weighted by Crippen LogP contribution is -2.71. The second-order valence-electron chi connectivity index (χ2n) is 7.94. The van der Waals surface area contributed by atoms with Crippen LogP contribution in [-0.2, 0) is 9.53 Å². The number of hydrogen-bond acceptors (Lipinski definition) is 6. The minimum absolute atomic E-state index is 0.307.